The van der Waals surface area contributed by atoms with Crippen molar-refractivity contribution < 1.29 is 14.3 Å². The van der Waals surface area contributed by atoms with E-state index < -0.39 is 17.7 Å². The molecule has 0 aliphatic carbocycles. The standard InChI is InChI=1S/C12H13FN2O2/c1-3-15-11(7(2)12(16)17)8-5-4-6-9(13)10(8)14-15/h4-7H,3H2,1-2H3,(H,16,17). The highest BCUT2D eigenvalue weighted by molar-refractivity contribution is 5.87. The maximum atomic E-state index is 13.6. The number of fused-ring (bicyclic) bond motifs is 1. The van der Waals surface area contributed by atoms with Crippen LogP contribution < -0.4 is 0 Å². The number of aryl methyl sites for hydroxylation is 1. The second-order valence-electron chi connectivity index (χ2n) is 3.90. The van der Waals surface area contributed by atoms with E-state index in [4.69, 9.17) is 5.11 Å². The van der Waals surface area contributed by atoms with Crippen molar-refractivity contribution in [2.24, 2.45) is 0 Å². The molecule has 1 heterocycles. The molecule has 17 heavy (non-hydrogen) atoms. The average Bonchev–Trinajstić information content (AvgIpc) is 2.67. The minimum atomic E-state index is -0.939. The summed E-state index contributed by atoms with van der Waals surface area (Å²) in [5.41, 5.74) is 0.784. The van der Waals surface area contributed by atoms with Crippen molar-refractivity contribution in [1.82, 2.24) is 9.78 Å². The largest absolute Gasteiger partial charge is 0.481 e. The van der Waals surface area contributed by atoms with Gasteiger partial charge in [-0.2, -0.15) is 5.10 Å². The van der Waals surface area contributed by atoms with Gasteiger partial charge in [0, 0.05) is 11.9 Å². The number of benzene rings is 1. The Hall–Kier alpha value is -1.91. The third-order valence-corrected chi connectivity index (χ3v) is 2.84. The zero-order valence-electron chi connectivity index (χ0n) is 9.64. The van der Waals surface area contributed by atoms with Crippen molar-refractivity contribution in [2.45, 2.75) is 26.3 Å². The van der Waals surface area contributed by atoms with Crippen LogP contribution in [-0.2, 0) is 11.3 Å². The first kappa shape index (κ1) is 11.6. The molecule has 1 aromatic heterocycles. The third kappa shape index (κ3) is 1.77. The van der Waals surface area contributed by atoms with E-state index in [0.717, 1.165) is 0 Å². The van der Waals surface area contributed by atoms with E-state index in [0.29, 0.717) is 17.6 Å². The molecular weight excluding hydrogens is 223 g/mol. The number of hydrogen-bond donors (Lipinski definition) is 1. The van der Waals surface area contributed by atoms with E-state index >= 15 is 0 Å². The summed E-state index contributed by atoms with van der Waals surface area (Å²) < 4.78 is 15.1. The molecule has 0 saturated heterocycles. The molecule has 0 fully saturated rings. The summed E-state index contributed by atoms with van der Waals surface area (Å²) >= 11 is 0. The fraction of sp³-hybridized carbons (Fsp3) is 0.333. The van der Waals surface area contributed by atoms with Crippen LogP contribution in [0.2, 0.25) is 0 Å². The van der Waals surface area contributed by atoms with Gasteiger partial charge in [-0.15, -0.1) is 0 Å². The first-order valence-electron chi connectivity index (χ1n) is 5.44. The van der Waals surface area contributed by atoms with E-state index in [-0.39, 0.29) is 5.52 Å². The molecule has 0 amide bonds. The van der Waals surface area contributed by atoms with Gasteiger partial charge in [0.25, 0.3) is 0 Å². The molecule has 1 N–H and O–H groups in total. The van der Waals surface area contributed by atoms with Crippen LogP contribution in [0, 0.1) is 5.82 Å². The summed E-state index contributed by atoms with van der Waals surface area (Å²) in [5.74, 6) is -2.07. The molecule has 1 aromatic carbocycles. The highest BCUT2D eigenvalue weighted by Crippen LogP contribution is 2.27. The van der Waals surface area contributed by atoms with Crippen LogP contribution in [0.15, 0.2) is 18.2 Å². The quantitative estimate of drug-likeness (QED) is 0.890. The summed E-state index contributed by atoms with van der Waals surface area (Å²) in [6, 6.07) is 4.59. The topological polar surface area (TPSA) is 55.1 Å². The molecule has 2 rings (SSSR count). The number of aliphatic carboxylic acids is 1. The second kappa shape index (κ2) is 4.16. The normalized spacial score (nSPS) is 12.9. The van der Waals surface area contributed by atoms with Crippen LogP contribution in [0.25, 0.3) is 10.9 Å². The SMILES string of the molecule is CCn1nc2c(F)cccc2c1C(C)C(=O)O. The maximum Gasteiger partial charge on any atom is 0.312 e. The summed E-state index contributed by atoms with van der Waals surface area (Å²) in [6.07, 6.45) is 0. The minimum Gasteiger partial charge on any atom is -0.481 e. The van der Waals surface area contributed by atoms with E-state index in [9.17, 15) is 9.18 Å². The number of nitrogens with zero attached hydrogens (tertiary/aromatic N) is 2. The van der Waals surface area contributed by atoms with Gasteiger partial charge in [0.1, 0.15) is 5.52 Å². The summed E-state index contributed by atoms with van der Waals surface area (Å²) in [4.78, 5) is 11.1. The number of carboxylic acid groups (broad SMARTS) is 1. The number of halogens is 1. The lowest BCUT2D eigenvalue weighted by atomic mass is 10.0. The van der Waals surface area contributed by atoms with Gasteiger partial charge >= 0.3 is 5.97 Å². The van der Waals surface area contributed by atoms with Crippen LogP contribution in [-0.4, -0.2) is 20.9 Å². The Kier molecular flexibility index (Phi) is 2.83. The van der Waals surface area contributed by atoms with E-state index in [1.54, 1.807) is 23.7 Å². The van der Waals surface area contributed by atoms with Crippen molar-refractivity contribution in [3.8, 4) is 0 Å². The molecule has 0 bridgehead atoms. The Bertz CT molecular complexity index is 577. The molecule has 0 spiro atoms. The molecule has 4 nitrogen and oxygen atoms in total. The Balaban J connectivity index is 2.75. The molecular formula is C12H13FN2O2. The Morgan fingerprint density at radius 2 is 2.29 bits per heavy atom. The number of rotatable bonds is 3. The maximum absolute atomic E-state index is 13.6. The Labute approximate surface area is 97.7 Å². The predicted molar refractivity (Wildman–Crippen MR) is 61.4 cm³/mol. The van der Waals surface area contributed by atoms with Crippen molar-refractivity contribution in [2.75, 3.05) is 0 Å². The van der Waals surface area contributed by atoms with Gasteiger partial charge < -0.3 is 5.11 Å². The Morgan fingerprint density at radius 1 is 1.59 bits per heavy atom. The molecule has 0 aliphatic rings. The highest BCUT2D eigenvalue weighted by atomic mass is 19.1. The van der Waals surface area contributed by atoms with Crippen LogP contribution in [0.1, 0.15) is 25.5 Å². The molecule has 1 atom stereocenters. The molecule has 1 unspecified atom stereocenters. The first-order chi connectivity index (χ1) is 8.06. The molecule has 0 radical (unpaired) electrons. The number of carboxylic acids is 1. The van der Waals surface area contributed by atoms with E-state index in [2.05, 4.69) is 5.10 Å². The monoisotopic (exact) mass is 236 g/mol. The average molecular weight is 236 g/mol. The number of hydrogen-bond acceptors (Lipinski definition) is 2. The second-order valence-corrected chi connectivity index (χ2v) is 3.90. The van der Waals surface area contributed by atoms with Gasteiger partial charge in [-0.05, 0) is 19.9 Å². The van der Waals surface area contributed by atoms with Crippen LogP contribution >= 0.6 is 0 Å². The van der Waals surface area contributed by atoms with Crippen LogP contribution in [0.4, 0.5) is 4.39 Å². The molecule has 2 aromatic rings. The van der Waals surface area contributed by atoms with Gasteiger partial charge in [-0.1, -0.05) is 12.1 Å². The molecule has 0 aliphatic heterocycles. The number of aromatic nitrogens is 2. The van der Waals surface area contributed by atoms with Crippen LogP contribution in [0.3, 0.4) is 0 Å². The lowest BCUT2D eigenvalue weighted by Crippen LogP contribution is -2.13. The third-order valence-electron chi connectivity index (χ3n) is 2.84. The fourth-order valence-corrected chi connectivity index (χ4v) is 1.95. The Morgan fingerprint density at radius 3 is 2.88 bits per heavy atom. The van der Waals surface area contributed by atoms with Gasteiger partial charge in [0.05, 0.1) is 11.6 Å². The zero-order valence-corrected chi connectivity index (χ0v) is 9.64. The van der Waals surface area contributed by atoms with Gasteiger partial charge in [-0.3, -0.25) is 9.48 Å². The van der Waals surface area contributed by atoms with Crippen molar-refractivity contribution in [1.29, 1.82) is 0 Å². The lowest BCUT2D eigenvalue weighted by Gasteiger charge is -2.09. The number of carbonyl (C=O) groups is 1. The zero-order chi connectivity index (χ0) is 12.6. The van der Waals surface area contributed by atoms with E-state index in [1.807, 2.05) is 6.92 Å². The summed E-state index contributed by atoms with van der Waals surface area (Å²) in [5, 5.41) is 13.8. The van der Waals surface area contributed by atoms with Crippen LogP contribution in [0.5, 0.6) is 0 Å². The minimum absolute atomic E-state index is 0.234. The smallest absolute Gasteiger partial charge is 0.312 e. The van der Waals surface area contributed by atoms with E-state index in [1.165, 1.54) is 6.07 Å². The highest BCUT2D eigenvalue weighted by Gasteiger charge is 2.23. The van der Waals surface area contributed by atoms with Crippen molar-refractivity contribution in [3.63, 3.8) is 0 Å². The summed E-state index contributed by atoms with van der Waals surface area (Å²) in [7, 11) is 0. The first-order valence-corrected chi connectivity index (χ1v) is 5.44. The van der Waals surface area contributed by atoms with Gasteiger partial charge in [0.2, 0.25) is 0 Å². The molecule has 5 heteroatoms. The predicted octanol–water partition coefficient (Wildman–Crippen LogP) is 2.38. The fourth-order valence-electron chi connectivity index (χ4n) is 1.95. The van der Waals surface area contributed by atoms with Crippen molar-refractivity contribution >= 4 is 16.9 Å². The summed E-state index contributed by atoms with van der Waals surface area (Å²) in [6.45, 7) is 3.94. The van der Waals surface area contributed by atoms with Gasteiger partial charge in [-0.25, -0.2) is 4.39 Å². The van der Waals surface area contributed by atoms with Crippen molar-refractivity contribution in [3.05, 3.63) is 29.7 Å². The van der Waals surface area contributed by atoms with Gasteiger partial charge in [0.15, 0.2) is 5.82 Å². The molecule has 90 valence electrons. The molecule has 0 saturated carbocycles. The lowest BCUT2D eigenvalue weighted by molar-refractivity contribution is -0.138.